The molecule has 0 spiro atoms. The summed E-state index contributed by atoms with van der Waals surface area (Å²) in [6.07, 6.45) is 1.40. The van der Waals surface area contributed by atoms with Gasteiger partial charge in [0.25, 0.3) is 11.5 Å². The Morgan fingerprint density at radius 1 is 1.36 bits per heavy atom. The van der Waals surface area contributed by atoms with Crippen molar-refractivity contribution >= 4 is 49.9 Å². The molecule has 10 heteroatoms. The summed E-state index contributed by atoms with van der Waals surface area (Å²) >= 11 is 2.36. The van der Waals surface area contributed by atoms with E-state index in [0.717, 1.165) is 17.0 Å². The first-order valence-corrected chi connectivity index (χ1v) is 8.90. The number of aromatic nitrogens is 3. The van der Waals surface area contributed by atoms with E-state index in [0.29, 0.717) is 20.9 Å². The van der Waals surface area contributed by atoms with Crippen LogP contribution in [0, 0.1) is 13.8 Å². The number of carbonyl (C=O) groups is 2. The number of hydrogen-bond donors (Lipinski definition) is 1. The van der Waals surface area contributed by atoms with Crippen LogP contribution in [-0.4, -0.2) is 33.0 Å². The highest BCUT2D eigenvalue weighted by Crippen LogP contribution is 2.27. The van der Waals surface area contributed by atoms with Gasteiger partial charge in [0.2, 0.25) is 0 Å². The minimum atomic E-state index is -0.659. The summed E-state index contributed by atoms with van der Waals surface area (Å²) < 4.78 is 6.40. The smallest absolute Gasteiger partial charge is 0.349 e. The van der Waals surface area contributed by atoms with E-state index in [4.69, 9.17) is 4.74 Å². The van der Waals surface area contributed by atoms with Crippen LogP contribution in [-0.2, 0) is 16.6 Å². The van der Waals surface area contributed by atoms with Gasteiger partial charge in [-0.3, -0.25) is 14.9 Å². The van der Waals surface area contributed by atoms with E-state index in [1.54, 1.807) is 19.4 Å². The van der Waals surface area contributed by atoms with E-state index >= 15 is 0 Å². The molecule has 3 rings (SSSR count). The number of nitrogens with one attached hydrogen (secondary N) is 1. The fraction of sp³-hybridized carbons (Fsp3) is 0.267. The van der Waals surface area contributed by atoms with Crippen molar-refractivity contribution in [3.8, 4) is 0 Å². The zero-order valence-corrected chi connectivity index (χ0v) is 15.3. The highest BCUT2D eigenvalue weighted by molar-refractivity contribution is 7.20. The second-order valence-corrected chi connectivity index (χ2v) is 7.17. The first kappa shape index (κ1) is 17.2. The SMILES string of the molecule is Cc1csc(NC(=O)COC(=O)c2sc3ncn(C)c(=O)c3c2C)n1. The van der Waals surface area contributed by atoms with Crippen LogP contribution in [0.4, 0.5) is 5.13 Å². The number of carbonyl (C=O) groups excluding carboxylic acids is 2. The summed E-state index contributed by atoms with van der Waals surface area (Å²) in [5.41, 5.74) is 1.08. The number of esters is 1. The summed E-state index contributed by atoms with van der Waals surface area (Å²) in [6.45, 7) is 3.04. The van der Waals surface area contributed by atoms with E-state index in [9.17, 15) is 14.4 Å². The summed E-state index contributed by atoms with van der Waals surface area (Å²) in [7, 11) is 1.59. The molecule has 0 aliphatic heterocycles. The molecule has 3 aromatic heterocycles. The number of fused-ring (bicyclic) bond motifs is 1. The number of rotatable bonds is 4. The monoisotopic (exact) mass is 378 g/mol. The van der Waals surface area contributed by atoms with Gasteiger partial charge in [0.15, 0.2) is 11.7 Å². The Morgan fingerprint density at radius 3 is 2.80 bits per heavy atom. The van der Waals surface area contributed by atoms with Crippen molar-refractivity contribution in [3.05, 3.63) is 38.2 Å². The van der Waals surface area contributed by atoms with Crippen LogP contribution >= 0.6 is 22.7 Å². The largest absolute Gasteiger partial charge is 0.451 e. The molecule has 3 heterocycles. The highest BCUT2D eigenvalue weighted by Gasteiger charge is 2.21. The molecule has 0 aliphatic carbocycles. The van der Waals surface area contributed by atoms with Gasteiger partial charge in [0.1, 0.15) is 9.71 Å². The van der Waals surface area contributed by atoms with Crippen molar-refractivity contribution in [2.45, 2.75) is 13.8 Å². The predicted molar refractivity (Wildman–Crippen MR) is 95.4 cm³/mol. The van der Waals surface area contributed by atoms with E-state index in [1.807, 2.05) is 6.92 Å². The highest BCUT2D eigenvalue weighted by atomic mass is 32.1. The summed E-state index contributed by atoms with van der Waals surface area (Å²) in [5, 5.41) is 5.20. The molecule has 0 aliphatic rings. The van der Waals surface area contributed by atoms with Gasteiger partial charge in [0.05, 0.1) is 17.4 Å². The normalized spacial score (nSPS) is 10.8. The lowest BCUT2D eigenvalue weighted by atomic mass is 10.2. The van der Waals surface area contributed by atoms with E-state index in [2.05, 4.69) is 15.3 Å². The number of thiophene rings is 1. The maximum atomic E-state index is 12.3. The Balaban J connectivity index is 1.72. The molecule has 3 aromatic rings. The third-order valence-electron chi connectivity index (χ3n) is 3.40. The van der Waals surface area contributed by atoms with Gasteiger partial charge in [0, 0.05) is 12.4 Å². The van der Waals surface area contributed by atoms with Crippen LogP contribution in [0.5, 0.6) is 0 Å². The number of amides is 1. The Kier molecular flexibility index (Phi) is 4.64. The van der Waals surface area contributed by atoms with E-state index in [1.165, 1.54) is 22.2 Å². The molecule has 0 radical (unpaired) electrons. The molecule has 130 valence electrons. The van der Waals surface area contributed by atoms with E-state index < -0.39 is 18.5 Å². The van der Waals surface area contributed by atoms with Crippen molar-refractivity contribution < 1.29 is 14.3 Å². The topological polar surface area (TPSA) is 103 Å². The fourth-order valence-electron chi connectivity index (χ4n) is 2.17. The van der Waals surface area contributed by atoms with Gasteiger partial charge in [-0.25, -0.2) is 14.8 Å². The molecule has 8 nitrogen and oxygen atoms in total. The number of thiazole rings is 1. The van der Waals surface area contributed by atoms with Gasteiger partial charge in [-0.1, -0.05) is 0 Å². The molecule has 25 heavy (non-hydrogen) atoms. The van der Waals surface area contributed by atoms with Crippen molar-refractivity contribution in [2.24, 2.45) is 7.05 Å². The molecule has 0 saturated heterocycles. The first-order valence-electron chi connectivity index (χ1n) is 7.20. The summed E-state index contributed by atoms with van der Waals surface area (Å²) in [4.78, 5) is 45.2. The minimum Gasteiger partial charge on any atom is -0.451 e. The molecular weight excluding hydrogens is 364 g/mol. The lowest BCUT2D eigenvalue weighted by molar-refractivity contribution is -0.119. The molecular formula is C15H14N4O4S2. The predicted octanol–water partition coefficient (Wildman–Crippen LogP) is 1.86. The van der Waals surface area contributed by atoms with Crippen LogP contribution in [0.3, 0.4) is 0 Å². The molecule has 0 bridgehead atoms. The Labute approximate surface area is 150 Å². The molecule has 0 fully saturated rings. The fourth-order valence-corrected chi connectivity index (χ4v) is 3.90. The molecule has 0 atom stereocenters. The Morgan fingerprint density at radius 2 is 2.12 bits per heavy atom. The summed E-state index contributed by atoms with van der Waals surface area (Å²) in [5.74, 6) is -1.14. The van der Waals surface area contributed by atoms with Crippen LogP contribution in [0.25, 0.3) is 10.2 Å². The average Bonchev–Trinajstić information content (AvgIpc) is 3.12. The molecule has 0 aromatic carbocycles. The Bertz CT molecular complexity index is 1030. The average molecular weight is 378 g/mol. The van der Waals surface area contributed by atoms with Crippen molar-refractivity contribution in [2.75, 3.05) is 11.9 Å². The van der Waals surface area contributed by atoms with Gasteiger partial charge >= 0.3 is 5.97 Å². The molecule has 1 amide bonds. The molecule has 0 saturated carbocycles. The van der Waals surface area contributed by atoms with Gasteiger partial charge in [-0.15, -0.1) is 22.7 Å². The zero-order valence-electron chi connectivity index (χ0n) is 13.7. The van der Waals surface area contributed by atoms with Crippen molar-refractivity contribution in [1.29, 1.82) is 0 Å². The van der Waals surface area contributed by atoms with Gasteiger partial charge in [-0.05, 0) is 19.4 Å². The minimum absolute atomic E-state index is 0.227. The Hall–Kier alpha value is -2.59. The van der Waals surface area contributed by atoms with E-state index in [-0.39, 0.29) is 10.4 Å². The van der Waals surface area contributed by atoms with Gasteiger partial charge in [-0.2, -0.15) is 0 Å². The lowest BCUT2D eigenvalue weighted by Crippen LogP contribution is -2.21. The lowest BCUT2D eigenvalue weighted by Gasteiger charge is -2.04. The van der Waals surface area contributed by atoms with Crippen LogP contribution in [0.2, 0.25) is 0 Å². The number of aryl methyl sites for hydroxylation is 3. The maximum Gasteiger partial charge on any atom is 0.349 e. The molecule has 0 unspecified atom stereocenters. The van der Waals surface area contributed by atoms with Crippen molar-refractivity contribution in [1.82, 2.24) is 14.5 Å². The number of hydrogen-bond acceptors (Lipinski definition) is 8. The van der Waals surface area contributed by atoms with Crippen LogP contribution < -0.4 is 10.9 Å². The van der Waals surface area contributed by atoms with Gasteiger partial charge < -0.3 is 9.30 Å². The standard InChI is InChI=1S/C15H14N4O4S2/c1-7-5-24-15(17-7)18-9(20)4-23-14(22)11-8(2)10-12(25-11)16-6-19(3)13(10)21/h5-6H,4H2,1-3H3,(H,17,18,20). The number of ether oxygens (including phenoxy) is 1. The molecule has 1 N–H and O–H groups in total. The maximum absolute atomic E-state index is 12.3. The van der Waals surface area contributed by atoms with Crippen LogP contribution in [0.1, 0.15) is 20.9 Å². The van der Waals surface area contributed by atoms with Crippen molar-refractivity contribution in [3.63, 3.8) is 0 Å². The third kappa shape index (κ3) is 3.44. The second-order valence-electron chi connectivity index (χ2n) is 5.32. The first-order chi connectivity index (χ1) is 11.9. The number of anilines is 1. The zero-order chi connectivity index (χ0) is 18.1. The second kappa shape index (κ2) is 6.73. The third-order valence-corrected chi connectivity index (χ3v) is 5.45. The summed E-state index contributed by atoms with van der Waals surface area (Å²) in [6, 6.07) is 0. The number of nitrogens with zero attached hydrogens (tertiary/aromatic N) is 3. The van der Waals surface area contributed by atoms with Crippen LogP contribution in [0.15, 0.2) is 16.5 Å². The quantitative estimate of drug-likeness (QED) is 0.695.